The van der Waals surface area contributed by atoms with Gasteiger partial charge in [0.2, 0.25) is 0 Å². The van der Waals surface area contributed by atoms with Crippen LogP contribution in [0.2, 0.25) is 5.02 Å². The second-order valence-electron chi connectivity index (χ2n) is 6.72. The quantitative estimate of drug-likeness (QED) is 0.794. The number of ether oxygens (including phenoxy) is 1. The van der Waals surface area contributed by atoms with Crippen LogP contribution in [0.25, 0.3) is 0 Å². The average Bonchev–Trinajstić information content (AvgIpc) is 2.69. The zero-order chi connectivity index (χ0) is 19.7. The summed E-state index contributed by atoms with van der Waals surface area (Å²) >= 11 is 7.29. The molecule has 1 aromatic heterocycles. The van der Waals surface area contributed by atoms with E-state index in [1.165, 1.54) is 30.1 Å². The molecule has 1 fully saturated rings. The average molecular weight is 421 g/mol. The van der Waals surface area contributed by atoms with Crippen molar-refractivity contribution in [3.8, 4) is 0 Å². The lowest BCUT2D eigenvalue weighted by molar-refractivity contribution is 0.0101. The summed E-state index contributed by atoms with van der Waals surface area (Å²) in [5.41, 5.74) is 6.47. The van der Waals surface area contributed by atoms with Gasteiger partial charge in [-0.05, 0) is 29.8 Å². The lowest BCUT2D eigenvalue weighted by Gasteiger charge is -2.44. The predicted molar refractivity (Wildman–Crippen MR) is 108 cm³/mol. The van der Waals surface area contributed by atoms with Crippen LogP contribution in [-0.2, 0) is 10.3 Å². The van der Waals surface area contributed by atoms with Gasteiger partial charge in [0.1, 0.15) is 11.5 Å². The van der Waals surface area contributed by atoms with E-state index >= 15 is 0 Å². The Balaban J connectivity index is 1.67. The highest BCUT2D eigenvalue weighted by molar-refractivity contribution is 8.13. The molecule has 2 aromatic rings. The van der Waals surface area contributed by atoms with Crippen molar-refractivity contribution in [2.24, 2.45) is 16.6 Å². The number of amides is 1. The molecule has 2 atom stereocenters. The van der Waals surface area contributed by atoms with Gasteiger partial charge in [0, 0.05) is 30.9 Å². The van der Waals surface area contributed by atoms with Gasteiger partial charge in [-0.25, -0.2) is 9.37 Å². The molecule has 9 heteroatoms. The van der Waals surface area contributed by atoms with Gasteiger partial charge < -0.3 is 15.8 Å². The highest BCUT2D eigenvalue weighted by Gasteiger charge is 2.45. The van der Waals surface area contributed by atoms with Crippen molar-refractivity contribution in [1.82, 2.24) is 4.98 Å². The molecule has 3 heterocycles. The Kier molecular flexibility index (Phi) is 5.27. The van der Waals surface area contributed by atoms with Crippen LogP contribution >= 0.6 is 23.4 Å². The molecule has 4 rings (SSSR count). The number of nitrogens with one attached hydrogen (secondary N) is 1. The molecular weight excluding hydrogens is 403 g/mol. The van der Waals surface area contributed by atoms with Crippen molar-refractivity contribution in [1.29, 1.82) is 0 Å². The van der Waals surface area contributed by atoms with E-state index in [1.54, 1.807) is 18.2 Å². The molecule has 146 valence electrons. The third-order valence-electron chi connectivity index (χ3n) is 5.04. The molecule has 0 saturated carbocycles. The van der Waals surface area contributed by atoms with Crippen molar-refractivity contribution in [2.45, 2.75) is 12.0 Å². The summed E-state index contributed by atoms with van der Waals surface area (Å²) < 4.78 is 20.1. The summed E-state index contributed by atoms with van der Waals surface area (Å²) in [6, 6.07) is 7.72. The molecule has 0 spiro atoms. The maximum Gasteiger partial charge on any atom is 0.274 e. The molecular formula is C19H18ClFN4O2S. The number of thioether (sulfide) groups is 1. The van der Waals surface area contributed by atoms with E-state index in [0.717, 1.165) is 11.3 Å². The van der Waals surface area contributed by atoms with E-state index in [4.69, 9.17) is 27.1 Å². The van der Waals surface area contributed by atoms with E-state index in [1.807, 2.05) is 0 Å². The highest BCUT2D eigenvalue weighted by Crippen LogP contribution is 2.45. The number of anilines is 1. The van der Waals surface area contributed by atoms with Crippen LogP contribution in [0.4, 0.5) is 10.1 Å². The summed E-state index contributed by atoms with van der Waals surface area (Å²) in [7, 11) is 0. The first kappa shape index (κ1) is 19.2. The van der Waals surface area contributed by atoms with Gasteiger partial charge in [-0.2, -0.15) is 0 Å². The topological polar surface area (TPSA) is 89.6 Å². The van der Waals surface area contributed by atoms with Crippen LogP contribution in [0, 0.1) is 11.7 Å². The summed E-state index contributed by atoms with van der Waals surface area (Å²) in [6.45, 7) is 1.11. The number of benzene rings is 1. The van der Waals surface area contributed by atoms with E-state index < -0.39 is 17.3 Å². The number of hydrogen-bond acceptors (Lipinski definition) is 6. The Bertz CT molecular complexity index is 940. The number of aromatic nitrogens is 1. The van der Waals surface area contributed by atoms with Crippen LogP contribution in [0.15, 0.2) is 41.5 Å². The Hall–Kier alpha value is -2.16. The molecule has 0 radical (unpaired) electrons. The fraction of sp³-hybridized carbons (Fsp3) is 0.316. The normalized spacial score (nSPS) is 24.2. The molecule has 0 bridgehead atoms. The molecule has 2 aliphatic rings. The van der Waals surface area contributed by atoms with Gasteiger partial charge in [0.15, 0.2) is 5.17 Å². The number of carbonyl (C=O) groups is 1. The summed E-state index contributed by atoms with van der Waals surface area (Å²) in [4.78, 5) is 21.1. The number of rotatable bonds is 3. The standard InChI is InChI=1S/C19H18ClFN4O2S/c20-13-2-4-15(23-8-13)17(26)24-16-7-11(1-3-14(16)21)19-5-6-27-9-12(19)10-28-18(22)25-19/h1-4,7-8,12H,5-6,9-10H2,(H2,22,25)(H,24,26)/t12?,19-/m1/s1. The molecule has 1 amide bonds. The number of pyridine rings is 1. The summed E-state index contributed by atoms with van der Waals surface area (Å²) in [5.74, 6) is -0.141. The third kappa shape index (κ3) is 3.59. The zero-order valence-corrected chi connectivity index (χ0v) is 16.4. The molecule has 3 N–H and O–H groups in total. The molecule has 1 aromatic carbocycles. The van der Waals surface area contributed by atoms with Crippen molar-refractivity contribution in [3.63, 3.8) is 0 Å². The molecule has 28 heavy (non-hydrogen) atoms. The number of fused-ring (bicyclic) bond motifs is 1. The van der Waals surface area contributed by atoms with E-state index in [-0.39, 0.29) is 17.3 Å². The fourth-order valence-corrected chi connectivity index (χ4v) is 4.66. The second kappa shape index (κ2) is 7.69. The van der Waals surface area contributed by atoms with E-state index in [2.05, 4.69) is 10.3 Å². The maximum absolute atomic E-state index is 14.4. The van der Waals surface area contributed by atoms with Gasteiger partial charge in [-0.3, -0.25) is 9.79 Å². The van der Waals surface area contributed by atoms with Gasteiger partial charge in [0.05, 0.1) is 22.9 Å². The summed E-state index contributed by atoms with van der Waals surface area (Å²) in [5, 5.41) is 3.52. The second-order valence-corrected chi connectivity index (χ2v) is 8.19. The fourth-order valence-electron chi connectivity index (χ4n) is 3.57. The number of halogens is 2. The van der Waals surface area contributed by atoms with Gasteiger partial charge in [-0.15, -0.1) is 0 Å². The SMILES string of the molecule is NC1=N[C@@]2(c3ccc(F)c(NC(=O)c4ccc(Cl)cn4)c3)CCOCC2CS1. The van der Waals surface area contributed by atoms with E-state index in [0.29, 0.717) is 29.8 Å². The number of amidine groups is 1. The molecule has 6 nitrogen and oxygen atoms in total. The first-order valence-electron chi connectivity index (χ1n) is 8.77. The van der Waals surface area contributed by atoms with E-state index in [9.17, 15) is 9.18 Å². The van der Waals surface area contributed by atoms with Crippen molar-refractivity contribution in [2.75, 3.05) is 24.3 Å². The first-order chi connectivity index (χ1) is 13.5. The Morgan fingerprint density at radius 3 is 3.04 bits per heavy atom. The third-order valence-corrected chi connectivity index (χ3v) is 6.22. The Morgan fingerprint density at radius 2 is 2.25 bits per heavy atom. The highest BCUT2D eigenvalue weighted by atomic mass is 35.5. The van der Waals surface area contributed by atoms with Crippen LogP contribution in [0.5, 0.6) is 0 Å². The number of carbonyl (C=O) groups excluding carboxylic acids is 1. The molecule has 2 aliphatic heterocycles. The number of nitrogens with two attached hydrogens (primary N) is 1. The number of aliphatic imine (C=N–C) groups is 1. The lowest BCUT2D eigenvalue weighted by atomic mass is 9.75. The van der Waals surface area contributed by atoms with Crippen LogP contribution in [0.3, 0.4) is 0 Å². The minimum Gasteiger partial charge on any atom is -0.381 e. The minimum atomic E-state index is -0.570. The summed E-state index contributed by atoms with van der Waals surface area (Å²) in [6.07, 6.45) is 2.02. The monoisotopic (exact) mass is 420 g/mol. The molecule has 1 unspecified atom stereocenters. The lowest BCUT2D eigenvalue weighted by Crippen LogP contribution is -2.46. The van der Waals surface area contributed by atoms with Crippen LogP contribution in [0.1, 0.15) is 22.5 Å². The zero-order valence-electron chi connectivity index (χ0n) is 14.8. The number of hydrogen-bond donors (Lipinski definition) is 2. The largest absolute Gasteiger partial charge is 0.381 e. The maximum atomic E-state index is 14.4. The van der Waals surface area contributed by atoms with Crippen molar-refractivity contribution < 1.29 is 13.9 Å². The van der Waals surface area contributed by atoms with Gasteiger partial charge in [-0.1, -0.05) is 29.4 Å². The minimum absolute atomic E-state index is 0.0749. The predicted octanol–water partition coefficient (Wildman–Crippen LogP) is 3.42. The van der Waals surface area contributed by atoms with Crippen LogP contribution < -0.4 is 11.1 Å². The van der Waals surface area contributed by atoms with Crippen LogP contribution in [-0.4, -0.2) is 35.0 Å². The molecule has 1 saturated heterocycles. The molecule has 0 aliphatic carbocycles. The van der Waals surface area contributed by atoms with Crippen molar-refractivity contribution in [3.05, 3.63) is 58.6 Å². The Labute approximate surface area is 170 Å². The Morgan fingerprint density at radius 1 is 1.39 bits per heavy atom. The number of nitrogens with zero attached hydrogens (tertiary/aromatic N) is 2. The van der Waals surface area contributed by atoms with Crippen molar-refractivity contribution >= 4 is 40.1 Å². The van der Waals surface area contributed by atoms with Gasteiger partial charge in [0.25, 0.3) is 5.91 Å². The smallest absolute Gasteiger partial charge is 0.274 e. The van der Waals surface area contributed by atoms with Gasteiger partial charge >= 0.3 is 0 Å². The first-order valence-corrected chi connectivity index (χ1v) is 10.1.